The lowest BCUT2D eigenvalue weighted by atomic mass is 10.1. The van der Waals surface area contributed by atoms with Crippen LogP contribution in [0, 0.1) is 5.92 Å². The van der Waals surface area contributed by atoms with Gasteiger partial charge in [-0.1, -0.05) is 19.9 Å². The summed E-state index contributed by atoms with van der Waals surface area (Å²) in [4.78, 5) is 15.8. The van der Waals surface area contributed by atoms with Crippen LogP contribution >= 0.6 is 0 Å². The van der Waals surface area contributed by atoms with Gasteiger partial charge >= 0.3 is 5.97 Å². The third kappa shape index (κ3) is 5.33. The number of hydrogen-bond donors (Lipinski definition) is 2. The molecule has 0 spiro atoms. The summed E-state index contributed by atoms with van der Waals surface area (Å²) in [5.41, 5.74) is 7.06. The minimum atomic E-state index is -0.431. The number of benzene rings is 1. The number of rotatable bonds is 6. The molecule has 0 atom stereocenters. The second-order valence-corrected chi connectivity index (χ2v) is 5.00. The average molecular weight is 293 g/mol. The number of methoxy groups -OCH3 is 2. The summed E-state index contributed by atoms with van der Waals surface area (Å²) in [6, 6.07) is 5.22. The van der Waals surface area contributed by atoms with E-state index in [0.29, 0.717) is 29.7 Å². The molecule has 21 heavy (non-hydrogen) atoms. The van der Waals surface area contributed by atoms with Crippen LogP contribution < -0.4 is 15.8 Å². The fraction of sp³-hybridized carbons (Fsp3) is 0.467. The molecule has 0 aliphatic carbocycles. The van der Waals surface area contributed by atoms with Gasteiger partial charge in [-0.3, -0.25) is 0 Å². The predicted molar refractivity (Wildman–Crippen MR) is 82.5 cm³/mol. The SMILES string of the molecule is COC(=O)c1ccc(CN=C(N)NCC(C)C)cc1OC. The van der Waals surface area contributed by atoms with Crippen molar-refractivity contribution in [1.29, 1.82) is 0 Å². The highest BCUT2D eigenvalue weighted by Crippen LogP contribution is 2.21. The molecular weight excluding hydrogens is 270 g/mol. The first-order valence-corrected chi connectivity index (χ1v) is 6.77. The highest BCUT2D eigenvalue weighted by Gasteiger charge is 2.12. The third-order valence-electron chi connectivity index (χ3n) is 2.79. The third-order valence-corrected chi connectivity index (χ3v) is 2.79. The number of carbonyl (C=O) groups excluding carboxylic acids is 1. The molecule has 0 heterocycles. The van der Waals surface area contributed by atoms with E-state index in [-0.39, 0.29) is 0 Å². The summed E-state index contributed by atoms with van der Waals surface area (Å²) in [6.45, 7) is 5.38. The zero-order chi connectivity index (χ0) is 15.8. The number of carbonyl (C=O) groups is 1. The molecule has 116 valence electrons. The Balaban J connectivity index is 2.77. The molecule has 1 rings (SSSR count). The van der Waals surface area contributed by atoms with Crippen molar-refractivity contribution in [2.24, 2.45) is 16.6 Å². The van der Waals surface area contributed by atoms with Gasteiger partial charge in [0.15, 0.2) is 5.96 Å². The van der Waals surface area contributed by atoms with Gasteiger partial charge in [0, 0.05) is 6.54 Å². The van der Waals surface area contributed by atoms with Crippen molar-refractivity contribution < 1.29 is 14.3 Å². The van der Waals surface area contributed by atoms with E-state index in [4.69, 9.17) is 15.2 Å². The van der Waals surface area contributed by atoms with Gasteiger partial charge in [0.05, 0.1) is 20.8 Å². The Morgan fingerprint density at radius 2 is 2.10 bits per heavy atom. The van der Waals surface area contributed by atoms with Crippen molar-refractivity contribution >= 4 is 11.9 Å². The zero-order valence-electron chi connectivity index (χ0n) is 13.0. The van der Waals surface area contributed by atoms with Crippen LogP contribution in [0.5, 0.6) is 5.75 Å². The first-order valence-electron chi connectivity index (χ1n) is 6.77. The molecule has 3 N–H and O–H groups in total. The summed E-state index contributed by atoms with van der Waals surface area (Å²) in [5, 5.41) is 3.04. The molecule has 0 saturated heterocycles. The molecule has 0 amide bonds. The topological polar surface area (TPSA) is 85.9 Å². The molecule has 0 bridgehead atoms. The normalized spacial score (nSPS) is 11.4. The molecule has 0 radical (unpaired) electrons. The van der Waals surface area contributed by atoms with Gasteiger partial charge in [0.1, 0.15) is 11.3 Å². The Morgan fingerprint density at radius 1 is 1.38 bits per heavy atom. The van der Waals surface area contributed by atoms with Gasteiger partial charge in [-0.2, -0.15) is 0 Å². The van der Waals surface area contributed by atoms with Crippen molar-refractivity contribution in [3.63, 3.8) is 0 Å². The Bertz CT molecular complexity index is 513. The van der Waals surface area contributed by atoms with E-state index in [1.165, 1.54) is 14.2 Å². The van der Waals surface area contributed by atoms with Crippen LogP contribution in [0.15, 0.2) is 23.2 Å². The smallest absolute Gasteiger partial charge is 0.341 e. The summed E-state index contributed by atoms with van der Waals surface area (Å²) >= 11 is 0. The number of nitrogens with one attached hydrogen (secondary N) is 1. The molecule has 0 aliphatic rings. The number of nitrogens with two attached hydrogens (primary N) is 1. The number of guanidine groups is 1. The molecule has 1 aromatic carbocycles. The first kappa shape index (κ1) is 16.8. The quantitative estimate of drug-likeness (QED) is 0.472. The lowest BCUT2D eigenvalue weighted by Gasteiger charge is -2.09. The number of nitrogens with zero attached hydrogens (tertiary/aromatic N) is 1. The summed E-state index contributed by atoms with van der Waals surface area (Å²) in [6.07, 6.45) is 0. The van der Waals surface area contributed by atoms with Crippen LogP contribution in [0.3, 0.4) is 0 Å². The molecule has 0 saturated carbocycles. The van der Waals surface area contributed by atoms with Crippen LogP contribution in [-0.4, -0.2) is 32.7 Å². The molecular formula is C15H23N3O3. The Kier molecular flexibility index (Phi) is 6.52. The fourth-order valence-corrected chi connectivity index (χ4v) is 1.65. The van der Waals surface area contributed by atoms with Crippen LogP contribution in [-0.2, 0) is 11.3 Å². The maximum absolute atomic E-state index is 11.6. The second kappa shape index (κ2) is 8.14. The fourth-order valence-electron chi connectivity index (χ4n) is 1.65. The van der Waals surface area contributed by atoms with Gasteiger partial charge in [-0.25, -0.2) is 9.79 Å². The molecule has 6 heteroatoms. The highest BCUT2D eigenvalue weighted by molar-refractivity contribution is 5.92. The lowest BCUT2D eigenvalue weighted by molar-refractivity contribution is 0.0597. The van der Waals surface area contributed by atoms with Gasteiger partial charge < -0.3 is 20.5 Å². The molecule has 0 unspecified atom stereocenters. The van der Waals surface area contributed by atoms with Gasteiger partial charge in [-0.05, 0) is 23.6 Å². The van der Waals surface area contributed by atoms with E-state index >= 15 is 0 Å². The summed E-state index contributed by atoms with van der Waals surface area (Å²) < 4.78 is 9.89. The molecule has 6 nitrogen and oxygen atoms in total. The van der Waals surface area contributed by atoms with Crippen LogP contribution in [0.2, 0.25) is 0 Å². The second-order valence-electron chi connectivity index (χ2n) is 5.00. The Labute approximate surface area is 125 Å². The molecule has 0 aromatic heterocycles. The summed E-state index contributed by atoms with van der Waals surface area (Å²) in [5.74, 6) is 0.932. The van der Waals surface area contributed by atoms with Gasteiger partial charge in [0.2, 0.25) is 0 Å². The standard InChI is InChI=1S/C15H23N3O3/c1-10(2)8-17-15(16)18-9-11-5-6-12(14(19)21-4)13(7-11)20-3/h5-7,10H,8-9H2,1-4H3,(H3,16,17,18). The van der Waals surface area contributed by atoms with Crippen LogP contribution in [0.25, 0.3) is 0 Å². The minimum Gasteiger partial charge on any atom is -0.496 e. The maximum Gasteiger partial charge on any atom is 0.341 e. The molecule has 1 aromatic rings. The van der Waals surface area contributed by atoms with E-state index < -0.39 is 5.97 Å². The highest BCUT2D eigenvalue weighted by atomic mass is 16.5. The van der Waals surface area contributed by atoms with Crippen LogP contribution in [0.4, 0.5) is 0 Å². The first-order chi connectivity index (χ1) is 9.97. The molecule has 0 aliphatic heterocycles. The van der Waals surface area contributed by atoms with Crippen molar-refractivity contribution in [2.45, 2.75) is 20.4 Å². The predicted octanol–water partition coefficient (Wildman–Crippen LogP) is 1.54. The van der Waals surface area contributed by atoms with Gasteiger partial charge in [0.25, 0.3) is 0 Å². The van der Waals surface area contributed by atoms with E-state index in [1.54, 1.807) is 18.2 Å². The lowest BCUT2D eigenvalue weighted by Crippen LogP contribution is -2.34. The largest absolute Gasteiger partial charge is 0.496 e. The average Bonchev–Trinajstić information content (AvgIpc) is 2.49. The van der Waals surface area contributed by atoms with Gasteiger partial charge in [-0.15, -0.1) is 0 Å². The zero-order valence-corrected chi connectivity index (χ0v) is 13.0. The van der Waals surface area contributed by atoms with E-state index in [2.05, 4.69) is 24.2 Å². The molecule has 0 fully saturated rings. The van der Waals surface area contributed by atoms with E-state index in [1.807, 2.05) is 0 Å². The number of ether oxygens (including phenoxy) is 2. The van der Waals surface area contributed by atoms with Crippen molar-refractivity contribution in [3.05, 3.63) is 29.3 Å². The van der Waals surface area contributed by atoms with Crippen molar-refractivity contribution in [3.8, 4) is 5.75 Å². The maximum atomic E-state index is 11.6. The number of esters is 1. The van der Waals surface area contributed by atoms with Crippen LogP contribution in [0.1, 0.15) is 29.8 Å². The van der Waals surface area contributed by atoms with Crippen molar-refractivity contribution in [1.82, 2.24) is 5.32 Å². The monoisotopic (exact) mass is 293 g/mol. The van der Waals surface area contributed by atoms with Crippen molar-refractivity contribution in [2.75, 3.05) is 20.8 Å². The van der Waals surface area contributed by atoms with E-state index in [9.17, 15) is 4.79 Å². The minimum absolute atomic E-state index is 0.388. The summed E-state index contributed by atoms with van der Waals surface area (Å²) in [7, 11) is 2.84. The number of aliphatic imine (C=N–C) groups is 1. The Morgan fingerprint density at radius 3 is 2.67 bits per heavy atom. The Hall–Kier alpha value is -2.24. The van der Waals surface area contributed by atoms with E-state index in [0.717, 1.165) is 12.1 Å². The number of hydrogen-bond acceptors (Lipinski definition) is 4.